The number of carbonyl (C=O) groups excluding carboxylic acids is 3. The molecule has 0 radical (unpaired) electrons. The molecule has 1 heterocycles. The summed E-state index contributed by atoms with van der Waals surface area (Å²) in [5.41, 5.74) is 0. The van der Waals surface area contributed by atoms with Gasteiger partial charge in [-0.2, -0.15) is 0 Å². The van der Waals surface area contributed by atoms with Crippen LogP contribution in [-0.4, -0.2) is 29.0 Å². The first-order chi connectivity index (χ1) is 7.41. The van der Waals surface area contributed by atoms with Crippen LogP contribution >= 0.6 is 0 Å². The zero-order chi connectivity index (χ0) is 12.3. The Morgan fingerprint density at radius 3 is 2.50 bits per heavy atom. The fourth-order valence-corrected chi connectivity index (χ4v) is 1.72. The van der Waals surface area contributed by atoms with E-state index in [1.807, 2.05) is 13.8 Å². The molecule has 0 aromatic rings. The molecule has 1 aliphatic rings. The van der Waals surface area contributed by atoms with Crippen LogP contribution in [0.5, 0.6) is 0 Å². The lowest BCUT2D eigenvalue weighted by molar-refractivity contribution is -0.142. The normalized spacial score (nSPS) is 21.0. The standard InChI is InChI=1S/C12H19NO3/c1-8(2)4-5-10(14)7-13-11(15)6-9(3)12(13)16/h8-9H,4-7H2,1-3H3. The minimum absolute atomic E-state index is 0.0236. The van der Waals surface area contributed by atoms with Crippen molar-refractivity contribution in [2.24, 2.45) is 11.8 Å². The second-order valence-corrected chi connectivity index (χ2v) is 4.89. The summed E-state index contributed by atoms with van der Waals surface area (Å²) in [5.74, 6) is -0.235. The van der Waals surface area contributed by atoms with E-state index in [-0.39, 0.29) is 36.5 Å². The molecule has 0 aromatic carbocycles. The number of nitrogens with zero attached hydrogens (tertiary/aromatic N) is 1. The molecule has 90 valence electrons. The van der Waals surface area contributed by atoms with E-state index in [1.165, 1.54) is 0 Å². The average molecular weight is 225 g/mol. The molecule has 2 amide bonds. The maximum atomic E-state index is 11.6. The lowest BCUT2D eigenvalue weighted by Gasteiger charge is -2.13. The van der Waals surface area contributed by atoms with E-state index in [0.29, 0.717) is 12.3 Å². The molecular weight excluding hydrogens is 206 g/mol. The first kappa shape index (κ1) is 12.9. The molecule has 1 unspecified atom stereocenters. The smallest absolute Gasteiger partial charge is 0.232 e. The minimum Gasteiger partial charge on any atom is -0.298 e. The highest BCUT2D eigenvalue weighted by atomic mass is 16.2. The molecule has 1 saturated heterocycles. The number of hydrogen-bond acceptors (Lipinski definition) is 3. The number of likely N-dealkylation sites (tertiary alicyclic amines) is 1. The first-order valence-electron chi connectivity index (χ1n) is 5.77. The summed E-state index contributed by atoms with van der Waals surface area (Å²) in [7, 11) is 0. The number of rotatable bonds is 5. The van der Waals surface area contributed by atoms with E-state index in [4.69, 9.17) is 0 Å². The van der Waals surface area contributed by atoms with Crippen molar-refractivity contribution >= 4 is 17.6 Å². The van der Waals surface area contributed by atoms with Crippen molar-refractivity contribution in [3.05, 3.63) is 0 Å². The SMILES string of the molecule is CC(C)CCC(=O)CN1C(=O)CC(C)C1=O. The fraction of sp³-hybridized carbons (Fsp3) is 0.750. The van der Waals surface area contributed by atoms with Crippen LogP contribution in [0.4, 0.5) is 0 Å². The zero-order valence-electron chi connectivity index (χ0n) is 10.2. The van der Waals surface area contributed by atoms with Crippen molar-refractivity contribution in [3.63, 3.8) is 0 Å². The largest absolute Gasteiger partial charge is 0.298 e. The first-order valence-corrected chi connectivity index (χ1v) is 5.77. The molecule has 1 rings (SSSR count). The highest BCUT2D eigenvalue weighted by Crippen LogP contribution is 2.18. The van der Waals surface area contributed by atoms with Crippen molar-refractivity contribution in [1.82, 2.24) is 4.90 Å². The quantitative estimate of drug-likeness (QED) is 0.664. The summed E-state index contributed by atoms with van der Waals surface area (Å²) in [6.45, 7) is 5.77. The second kappa shape index (κ2) is 5.23. The fourth-order valence-electron chi connectivity index (χ4n) is 1.72. The summed E-state index contributed by atoms with van der Waals surface area (Å²) in [6, 6.07) is 0. The van der Waals surface area contributed by atoms with E-state index in [2.05, 4.69) is 0 Å². The third-order valence-electron chi connectivity index (χ3n) is 2.80. The number of carbonyl (C=O) groups is 3. The predicted molar refractivity (Wildman–Crippen MR) is 59.6 cm³/mol. The molecule has 16 heavy (non-hydrogen) atoms. The summed E-state index contributed by atoms with van der Waals surface area (Å²) < 4.78 is 0. The van der Waals surface area contributed by atoms with Gasteiger partial charge in [0.1, 0.15) is 0 Å². The predicted octanol–water partition coefficient (Wildman–Crippen LogP) is 1.39. The zero-order valence-corrected chi connectivity index (χ0v) is 10.2. The number of ketones is 1. The Balaban J connectivity index is 2.45. The number of hydrogen-bond donors (Lipinski definition) is 0. The Bertz CT molecular complexity index is 309. The van der Waals surface area contributed by atoms with Gasteiger partial charge in [0.15, 0.2) is 5.78 Å². The molecule has 0 N–H and O–H groups in total. The van der Waals surface area contributed by atoms with Crippen LogP contribution in [0.1, 0.15) is 40.0 Å². The van der Waals surface area contributed by atoms with Gasteiger partial charge in [0.2, 0.25) is 11.8 Å². The molecular formula is C12H19NO3. The van der Waals surface area contributed by atoms with Gasteiger partial charge in [0.25, 0.3) is 0 Å². The third kappa shape index (κ3) is 3.15. The minimum atomic E-state index is -0.259. The van der Waals surface area contributed by atoms with Gasteiger partial charge in [-0.1, -0.05) is 20.8 Å². The second-order valence-electron chi connectivity index (χ2n) is 4.89. The van der Waals surface area contributed by atoms with E-state index >= 15 is 0 Å². The molecule has 0 spiro atoms. The topological polar surface area (TPSA) is 54.5 Å². The third-order valence-corrected chi connectivity index (χ3v) is 2.80. The number of Topliss-reactive ketones (excluding diaryl/α,β-unsaturated/α-hetero) is 1. The molecule has 0 bridgehead atoms. The summed E-state index contributed by atoms with van der Waals surface area (Å²) in [4.78, 5) is 35.6. The summed E-state index contributed by atoms with van der Waals surface area (Å²) >= 11 is 0. The van der Waals surface area contributed by atoms with Gasteiger partial charge >= 0.3 is 0 Å². The molecule has 0 aromatic heterocycles. The van der Waals surface area contributed by atoms with Gasteiger partial charge in [-0.05, 0) is 12.3 Å². The van der Waals surface area contributed by atoms with Crippen LogP contribution in [0, 0.1) is 11.8 Å². The lowest BCUT2D eigenvalue weighted by Crippen LogP contribution is -2.35. The van der Waals surface area contributed by atoms with Crippen LogP contribution in [0.15, 0.2) is 0 Å². The molecule has 0 aliphatic carbocycles. The molecule has 4 heteroatoms. The van der Waals surface area contributed by atoms with Crippen molar-refractivity contribution in [3.8, 4) is 0 Å². The number of imide groups is 1. The van der Waals surface area contributed by atoms with Crippen LogP contribution in [0.2, 0.25) is 0 Å². The van der Waals surface area contributed by atoms with Gasteiger partial charge in [0.05, 0.1) is 6.54 Å². The Kier molecular flexibility index (Phi) is 4.21. The van der Waals surface area contributed by atoms with Crippen molar-refractivity contribution in [1.29, 1.82) is 0 Å². The van der Waals surface area contributed by atoms with Gasteiger partial charge < -0.3 is 0 Å². The van der Waals surface area contributed by atoms with E-state index < -0.39 is 0 Å². The Labute approximate surface area is 96.0 Å². The Morgan fingerprint density at radius 1 is 1.44 bits per heavy atom. The van der Waals surface area contributed by atoms with Gasteiger partial charge in [0, 0.05) is 18.8 Å². The monoisotopic (exact) mass is 225 g/mol. The molecule has 4 nitrogen and oxygen atoms in total. The highest BCUT2D eigenvalue weighted by Gasteiger charge is 2.36. The van der Waals surface area contributed by atoms with Gasteiger partial charge in [-0.3, -0.25) is 19.3 Å². The molecule has 1 fully saturated rings. The van der Waals surface area contributed by atoms with Crippen molar-refractivity contribution in [2.75, 3.05) is 6.54 Å². The number of amides is 2. The van der Waals surface area contributed by atoms with E-state index in [9.17, 15) is 14.4 Å². The van der Waals surface area contributed by atoms with E-state index in [0.717, 1.165) is 11.3 Å². The van der Waals surface area contributed by atoms with Gasteiger partial charge in [-0.15, -0.1) is 0 Å². The van der Waals surface area contributed by atoms with Crippen LogP contribution in [0.25, 0.3) is 0 Å². The van der Waals surface area contributed by atoms with Crippen molar-refractivity contribution < 1.29 is 14.4 Å². The highest BCUT2D eigenvalue weighted by molar-refractivity contribution is 6.05. The van der Waals surface area contributed by atoms with Crippen LogP contribution < -0.4 is 0 Å². The van der Waals surface area contributed by atoms with Crippen LogP contribution in [-0.2, 0) is 14.4 Å². The molecule has 1 atom stereocenters. The maximum absolute atomic E-state index is 11.6. The van der Waals surface area contributed by atoms with Gasteiger partial charge in [-0.25, -0.2) is 0 Å². The Morgan fingerprint density at radius 2 is 2.06 bits per heavy atom. The van der Waals surface area contributed by atoms with E-state index in [1.54, 1.807) is 6.92 Å². The van der Waals surface area contributed by atoms with Crippen LogP contribution in [0.3, 0.4) is 0 Å². The maximum Gasteiger partial charge on any atom is 0.232 e. The summed E-state index contributed by atoms with van der Waals surface area (Å²) in [5, 5.41) is 0. The Hall–Kier alpha value is -1.19. The average Bonchev–Trinajstić information content (AvgIpc) is 2.42. The van der Waals surface area contributed by atoms with Crippen molar-refractivity contribution in [2.45, 2.75) is 40.0 Å². The lowest BCUT2D eigenvalue weighted by atomic mass is 10.1. The molecule has 1 aliphatic heterocycles. The summed E-state index contributed by atoms with van der Waals surface area (Å²) in [6.07, 6.45) is 1.50. The molecule has 0 saturated carbocycles.